The van der Waals surface area contributed by atoms with Gasteiger partial charge in [-0.05, 0) is 23.6 Å². The zero-order valence-electron chi connectivity index (χ0n) is 12.4. The number of carbonyl (C=O) groups is 1. The Labute approximate surface area is 136 Å². The van der Waals surface area contributed by atoms with E-state index in [1.165, 1.54) is 4.68 Å². The fraction of sp³-hybridized carbons (Fsp3) is 0.133. The van der Waals surface area contributed by atoms with Crippen LogP contribution in [0.1, 0.15) is 15.4 Å². The third kappa shape index (κ3) is 3.02. The molecule has 0 unspecified atom stereocenters. The maximum atomic E-state index is 12.2. The summed E-state index contributed by atoms with van der Waals surface area (Å²) < 4.78 is 6.67. The first-order valence-corrected chi connectivity index (χ1v) is 7.74. The second-order valence-corrected chi connectivity index (χ2v) is 5.70. The first-order valence-electron chi connectivity index (χ1n) is 6.86. The fourth-order valence-corrected chi connectivity index (χ4v) is 2.74. The summed E-state index contributed by atoms with van der Waals surface area (Å²) in [7, 11) is 1.56. The normalized spacial score (nSPS) is 10.5. The van der Waals surface area contributed by atoms with Crippen LogP contribution >= 0.6 is 11.3 Å². The van der Waals surface area contributed by atoms with Crippen LogP contribution < -0.4 is 15.8 Å². The van der Waals surface area contributed by atoms with Crippen LogP contribution in [0.25, 0.3) is 5.69 Å². The van der Waals surface area contributed by atoms with Crippen molar-refractivity contribution in [2.75, 3.05) is 12.8 Å². The lowest BCUT2D eigenvalue weighted by Crippen LogP contribution is -2.23. The minimum absolute atomic E-state index is 0.0902. The van der Waals surface area contributed by atoms with Gasteiger partial charge in [0.15, 0.2) is 11.5 Å². The van der Waals surface area contributed by atoms with Gasteiger partial charge < -0.3 is 15.8 Å². The number of nitrogens with two attached hydrogens (primary N) is 1. The van der Waals surface area contributed by atoms with Gasteiger partial charge in [-0.15, -0.1) is 16.4 Å². The molecule has 118 valence electrons. The highest BCUT2D eigenvalue weighted by Gasteiger charge is 2.19. The molecule has 23 heavy (non-hydrogen) atoms. The molecule has 7 nitrogen and oxygen atoms in total. The van der Waals surface area contributed by atoms with E-state index in [9.17, 15) is 4.79 Å². The fourth-order valence-electron chi connectivity index (χ4n) is 2.10. The number of nitrogens with zero attached hydrogens (tertiary/aromatic N) is 3. The second kappa shape index (κ2) is 6.49. The van der Waals surface area contributed by atoms with Gasteiger partial charge in [0.25, 0.3) is 5.91 Å². The van der Waals surface area contributed by atoms with E-state index in [4.69, 9.17) is 10.5 Å². The number of aromatic nitrogens is 3. The number of ether oxygens (including phenoxy) is 1. The van der Waals surface area contributed by atoms with Crippen LogP contribution in [0, 0.1) is 0 Å². The van der Waals surface area contributed by atoms with E-state index in [1.807, 2.05) is 29.6 Å². The number of methoxy groups -OCH3 is 1. The van der Waals surface area contributed by atoms with Crippen LogP contribution in [0.15, 0.2) is 41.8 Å². The van der Waals surface area contributed by atoms with Gasteiger partial charge in [0.05, 0.1) is 13.7 Å². The number of nitrogens with one attached hydrogen (secondary N) is 1. The van der Waals surface area contributed by atoms with E-state index in [0.29, 0.717) is 18.0 Å². The number of para-hydroxylation sites is 2. The number of thiophene rings is 1. The number of hydrogen-bond donors (Lipinski definition) is 2. The van der Waals surface area contributed by atoms with Gasteiger partial charge in [0.2, 0.25) is 0 Å². The Bertz CT molecular complexity index is 813. The standard InChI is InChI=1S/C15H15N5O2S/c1-22-12-7-3-2-6-11(12)20-14(16)13(18-19-20)15(21)17-9-10-5-4-8-23-10/h2-8H,9,16H2,1H3,(H,17,21). The van der Waals surface area contributed by atoms with E-state index in [-0.39, 0.29) is 17.4 Å². The summed E-state index contributed by atoms with van der Waals surface area (Å²) in [6.45, 7) is 0.428. The Morgan fingerprint density at radius 2 is 2.17 bits per heavy atom. The van der Waals surface area contributed by atoms with Crippen molar-refractivity contribution in [3.8, 4) is 11.4 Å². The smallest absolute Gasteiger partial charge is 0.276 e. The molecule has 0 bridgehead atoms. The van der Waals surface area contributed by atoms with Crippen LogP contribution in [0.3, 0.4) is 0 Å². The van der Waals surface area contributed by atoms with Crippen molar-refractivity contribution in [3.63, 3.8) is 0 Å². The maximum absolute atomic E-state index is 12.2. The lowest BCUT2D eigenvalue weighted by molar-refractivity contribution is 0.0947. The lowest BCUT2D eigenvalue weighted by Gasteiger charge is -2.08. The summed E-state index contributed by atoms with van der Waals surface area (Å²) in [5.41, 5.74) is 6.75. The van der Waals surface area contributed by atoms with Crippen molar-refractivity contribution in [1.82, 2.24) is 20.3 Å². The number of amides is 1. The molecular formula is C15H15N5O2S. The third-order valence-corrected chi connectivity index (χ3v) is 4.11. The molecule has 3 rings (SSSR count). The first-order chi connectivity index (χ1) is 11.2. The Morgan fingerprint density at radius 1 is 1.35 bits per heavy atom. The summed E-state index contributed by atoms with van der Waals surface area (Å²) >= 11 is 1.57. The van der Waals surface area contributed by atoms with Crippen LogP contribution in [0.4, 0.5) is 5.82 Å². The summed E-state index contributed by atoms with van der Waals surface area (Å²) in [5, 5.41) is 12.6. The molecule has 2 aromatic heterocycles. The number of hydrogen-bond acceptors (Lipinski definition) is 6. The van der Waals surface area contributed by atoms with E-state index in [2.05, 4.69) is 15.6 Å². The summed E-state index contributed by atoms with van der Waals surface area (Å²) in [6.07, 6.45) is 0. The van der Waals surface area contributed by atoms with Gasteiger partial charge in [-0.2, -0.15) is 4.68 Å². The first kappa shape index (κ1) is 15.0. The molecule has 0 spiro atoms. The molecule has 0 fully saturated rings. The predicted molar refractivity (Wildman–Crippen MR) is 87.8 cm³/mol. The van der Waals surface area contributed by atoms with Gasteiger partial charge in [0, 0.05) is 4.88 Å². The average molecular weight is 329 g/mol. The van der Waals surface area contributed by atoms with E-state index < -0.39 is 0 Å². The van der Waals surface area contributed by atoms with Gasteiger partial charge in [-0.25, -0.2) is 0 Å². The minimum atomic E-state index is -0.364. The Balaban J connectivity index is 1.82. The molecule has 8 heteroatoms. The Kier molecular flexibility index (Phi) is 4.24. The molecule has 0 radical (unpaired) electrons. The van der Waals surface area contributed by atoms with Gasteiger partial charge in [-0.3, -0.25) is 4.79 Å². The second-order valence-electron chi connectivity index (χ2n) is 4.67. The Hall–Kier alpha value is -2.87. The number of rotatable bonds is 5. The topological polar surface area (TPSA) is 95.1 Å². The summed E-state index contributed by atoms with van der Waals surface area (Å²) in [4.78, 5) is 13.3. The molecule has 3 aromatic rings. The predicted octanol–water partition coefficient (Wildman–Crippen LogP) is 1.85. The third-order valence-electron chi connectivity index (χ3n) is 3.24. The van der Waals surface area contributed by atoms with Crippen LogP contribution in [0.5, 0.6) is 5.75 Å². The number of anilines is 1. The molecule has 0 aliphatic heterocycles. The lowest BCUT2D eigenvalue weighted by atomic mass is 10.3. The van der Waals surface area contributed by atoms with Crippen molar-refractivity contribution < 1.29 is 9.53 Å². The van der Waals surface area contributed by atoms with Crippen molar-refractivity contribution in [3.05, 3.63) is 52.3 Å². The van der Waals surface area contributed by atoms with Crippen LogP contribution in [-0.2, 0) is 6.54 Å². The van der Waals surface area contributed by atoms with E-state index in [1.54, 1.807) is 30.6 Å². The molecule has 0 saturated carbocycles. The quantitative estimate of drug-likeness (QED) is 0.745. The number of benzene rings is 1. The van der Waals surface area contributed by atoms with E-state index in [0.717, 1.165) is 4.88 Å². The molecule has 2 heterocycles. The summed E-state index contributed by atoms with van der Waals surface area (Å²) in [5.74, 6) is 0.393. The van der Waals surface area contributed by atoms with Crippen LogP contribution in [0.2, 0.25) is 0 Å². The average Bonchev–Trinajstić information content (AvgIpc) is 3.22. The molecule has 0 aliphatic carbocycles. The van der Waals surface area contributed by atoms with E-state index >= 15 is 0 Å². The largest absolute Gasteiger partial charge is 0.494 e. The number of nitrogen functional groups attached to an aromatic ring is 1. The van der Waals surface area contributed by atoms with Crippen molar-refractivity contribution in [2.45, 2.75) is 6.54 Å². The maximum Gasteiger partial charge on any atom is 0.276 e. The molecule has 3 N–H and O–H groups in total. The zero-order valence-corrected chi connectivity index (χ0v) is 13.2. The number of carbonyl (C=O) groups excluding carboxylic acids is 1. The zero-order chi connectivity index (χ0) is 16.2. The van der Waals surface area contributed by atoms with Gasteiger partial charge in [0.1, 0.15) is 11.4 Å². The highest BCUT2D eigenvalue weighted by Crippen LogP contribution is 2.24. The van der Waals surface area contributed by atoms with Crippen LogP contribution in [-0.4, -0.2) is 28.0 Å². The van der Waals surface area contributed by atoms with Gasteiger partial charge in [-0.1, -0.05) is 23.4 Å². The Morgan fingerprint density at radius 3 is 2.91 bits per heavy atom. The molecule has 0 aliphatic rings. The van der Waals surface area contributed by atoms with Gasteiger partial charge >= 0.3 is 0 Å². The molecule has 1 amide bonds. The van der Waals surface area contributed by atoms with Crippen molar-refractivity contribution in [2.24, 2.45) is 0 Å². The SMILES string of the molecule is COc1ccccc1-n1nnc(C(=O)NCc2cccs2)c1N. The molecular weight excluding hydrogens is 314 g/mol. The summed E-state index contributed by atoms with van der Waals surface area (Å²) in [6, 6.07) is 11.1. The molecule has 0 atom stereocenters. The van der Waals surface area contributed by atoms with Crippen molar-refractivity contribution >= 4 is 23.1 Å². The van der Waals surface area contributed by atoms with Crippen molar-refractivity contribution in [1.29, 1.82) is 0 Å². The minimum Gasteiger partial charge on any atom is -0.494 e. The highest BCUT2D eigenvalue weighted by molar-refractivity contribution is 7.09. The molecule has 1 aromatic carbocycles. The molecule has 0 saturated heterocycles. The highest BCUT2D eigenvalue weighted by atomic mass is 32.1. The monoisotopic (exact) mass is 329 g/mol.